The standard InChI is InChI=1S/C8H13N3.C5H5N/c9-3-1-8-6-11-4-2-7(8)5-10;1-2-4-6-5-3-1/h2,4,6H,1,3,5,9-10H2;1-5H. The first-order valence-electron chi connectivity index (χ1n) is 5.55. The molecule has 0 saturated heterocycles. The van der Waals surface area contributed by atoms with Gasteiger partial charge in [0.1, 0.15) is 0 Å². The minimum Gasteiger partial charge on any atom is -0.330 e. The van der Waals surface area contributed by atoms with Crippen LogP contribution >= 0.6 is 0 Å². The first kappa shape index (κ1) is 13.3. The van der Waals surface area contributed by atoms with Crippen molar-refractivity contribution in [2.75, 3.05) is 6.54 Å². The number of aromatic nitrogens is 2. The van der Waals surface area contributed by atoms with Gasteiger partial charge in [-0.15, -0.1) is 0 Å². The maximum atomic E-state index is 5.51. The van der Waals surface area contributed by atoms with Crippen LogP contribution in [0.5, 0.6) is 0 Å². The van der Waals surface area contributed by atoms with Gasteiger partial charge >= 0.3 is 0 Å². The van der Waals surface area contributed by atoms with Crippen LogP contribution in [0, 0.1) is 0 Å². The van der Waals surface area contributed by atoms with Gasteiger partial charge in [0.05, 0.1) is 0 Å². The minimum atomic E-state index is 0.567. The largest absolute Gasteiger partial charge is 0.330 e. The normalized spacial score (nSPS) is 9.29. The molecule has 4 heteroatoms. The van der Waals surface area contributed by atoms with E-state index in [0.717, 1.165) is 17.5 Å². The van der Waals surface area contributed by atoms with Crippen LogP contribution in [0.1, 0.15) is 11.1 Å². The maximum absolute atomic E-state index is 5.51. The van der Waals surface area contributed by atoms with E-state index in [9.17, 15) is 0 Å². The van der Waals surface area contributed by atoms with Crippen molar-refractivity contribution in [2.24, 2.45) is 11.5 Å². The zero-order chi connectivity index (χ0) is 12.3. The predicted molar refractivity (Wildman–Crippen MR) is 69.1 cm³/mol. The van der Waals surface area contributed by atoms with Gasteiger partial charge in [0.15, 0.2) is 0 Å². The molecule has 2 rings (SSSR count). The molecule has 0 aliphatic rings. The lowest BCUT2D eigenvalue weighted by Crippen LogP contribution is -2.08. The Hall–Kier alpha value is -1.78. The Balaban J connectivity index is 0.000000202. The zero-order valence-corrected chi connectivity index (χ0v) is 9.79. The molecular formula is C13H18N4. The Bertz CT molecular complexity index is 376. The molecule has 0 spiro atoms. The van der Waals surface area contributed by atoms with Crippen molar-refractivity contribution in [3.8, 4) is 0 Å². The van der Waals surface area contributed by atoms with Crippen molar-refractivity contribution in [3.63, 3.8) is 0 Å². The van der Waals surface area contributed by atoms with Gasteiger partial charge in [0, 0.05) is 31.3 Å². The van der Waals surface area contributed by atoms with Gasteiger partial charge in [-0.3, -0.25) is 9.97 Å². The van der Waals surface area contributed by atoms with Gasteiger partial charge in [-0.05, 0) is 42.3 Å². The van der Waals surface area contributed by atoms with Crippen molar-refractivity contribution in [1.29, 1.82) is 0 Å². The second kappa shape index (κ2) is 8.38. The molecule has 0 aliphatic heterocycles. The summed E-state index contributed by atoms with van der Waals surface area (Å²) < 4.78 is 0. The minimum absolute atomic E-state index is 0.567. The molecule has 0 fully saturated rings. The fraction of sp³-hybridized carbons (Fsp3) is 0.231. The maximum Gasteiger partial charge on any atom is 0.0303 e. The van der Waals surface area contributed by atoms with Crippen LogP contribution in [0.4, 0.5) is 0 Å². The molecule has 2 aromatic heterocycles. The van der Waals surface area contributed by atoms with Gasteiger partial charge < -0.3 is 11.5 Å². The molecule has 2 aromatic rings. The highest BCUT2D eigenvalue weighted by atomic mass is 14.6. The van der Waals surface area contributed by atoms with Crippen LogP contribution in [-0.4, -0.2) is 16.5 Å². The van der Waals surface area contributed by atoms with Crippen molar-refractivity contribution in [3.05, 3.63) is 60.2 Å². The van der Waals surface area contributed by atoms with E-state index >= 15 is 0 Å². The highest BCUT2D eigenvalue weighted by molar-refractivity contribution is 5.23. The predicted octanol–water partition coefficient (Wildman–Crippen LogP) is 1.12. The summed E-state index contributed by atoms with van der Waals surface area (Å²) in [6.07, 6.45) is 7.94. The smallest absolute Gasteiger partial charge is 0.0303 e. The topological polar surface area (TPSA) is 77.8 Å². The van der Waals surface area contributed by atoms with E-state index in [0.29, 0.717) is 13.1 Å². The number of rotatable bonds is 3. The van der Waals surface area contributed by atoms with E-state index in [1.165, 1.54) is 0 Å². The van der Waals surface area contributed by atoms with E-state index in [1.807, 2.05) is 30.5 Å². The quantitative estimate of drug-likeness (QED) is 0.828. The van der Waals surface area contributed by atoms with Gasteiger partial charge in [0.25, 0.3) is 0 Å². The molecule has 0 amide bonds. The second-order valence-corrected chi connectivity index (χ2v) is 3.41. The van der Waals surface area contributed by atoms with Crippen molar-refractivity contribution >= 4 is 0 Å². The molecule has 0 bridgehead atoms. The fourth-order valence-electron chi connectivity index (χ4n) is 1.35. The van der Waals surface area contributed by atoms with Gasteiger partial charge in [-0.2, -0.15) is 0 Å². The van der Waals surface area contributed by atoms with Gasteiger partial charge in [-0.25, -0.2) is 0 Å². The van der Waals surface area contributed by atoms with E-state index < -0.39 is 0 Å². The molecule has 90 valence electrons. The summed E-state index contributed by atoms with van der Waals surface area (Å²) in [7, 11) is 0. The van der Waals surface area contributed by atoms with Gasteiger partial charge in [0.2, 0.25) is 0 Å². The molecule has 2 heterocycles. The molecule has 0 unspecified atom stereocenters. The molecule has 0 saturated carbocycles. The van der Waals surface area contributed by atoms with Crippen LogP contribution in [0.3, 0.4) is 0 Å². The highest BCUT2D eigenvalue weighted by Gasteiger charge is 1.97. The van der Waals surface area contributed by atoms with Crippen molar-refractivity contribution in [1.82, 2.24) is 9.97 Å². The molecule has 0 aliphatic carbocycles. The Morgan fingerprint density at radius 2 is 1.65 bits per heavy atom. The lowest BCUT2D eigenvalue weighted by molar-refractivity contribution is 0.917. The van der Waals surface area contributed by atoms with Crippen molar-refractivity contribution < 1.29 is 0 Å². The Kier molecular flexibility index (Phi) is 6.55. The Morgan fingerprint density at radius 1 is 0.882 bits per heavy atom. The first-order valence-corrected chi connectivity index (χ1v) is 5.55. The molecule has 17 heavy (non-hydrogen) atoms. The zero-order valence-electron chi connectivity index (χ0n) is 9.79. The monoisotopic (exact) mass is 230 g/mol. The summed E-state index contributed by atoms with van der Waals surface area (Å²) in [4.78, 5) is 7.79. The third-order valence-electron chi connectivity index (χ3n) is 2.20. The molecule has 0 atom stereocenters. The molecule has 4 nitrogen and oxygen atoms in total. The number of hydrogen-bond acceptors (Lipinski definition) is 4. The number of pyridine rings is 2. The number of hydrogen-bond donors (Lipinski definition) is 2. The Morgan fingerprint density at radius 3 is 2.12 bits per heavy atom. The summed E-state index contributed by atoms with van der Waals surface area (Å²) in [6, 6.07) is 7.65. The first-order chi connectivity index (χ1) is 8.38. The van der Waals surface area contributed by atoms with Crippen LogP contribution in [0.25, 0.3) is 0 Å². The third-order valence-corrected chi connectivity index (χ3v) is 2.20. The summed E-state index contributed by atoms with van der Waals surface area (Å²) in [6.45, 7) is 1.22. The van der Waals surface area contributed by atoms with E-state index in [1.54, 1.807) is 18.6 Å². The average molecular weight is 230 g/mol. The van der Waals surface area contributed by atoms with E-state index in [-0.39, 0.29) is 0 Å². The van der Waals surface area contributed by atoms with E-state index in [2.05, 4.69) is 9.97 Å². The summed E-state index contributed by atoms with van der Waals surface area (Å²) in [5, 5.41) is 0. The number of nitrogens with zero attached hydrogens (tertiary/aromatic N) is 2. The molecular weight excluding hydrogens is 212 g/mol. The fourth-order valence-corrected chi connectivity index (χ4v) is 1.35. The third kappa shape index (κ3) is 5.19. The van der Waals surface area contributed by atoms with Crippen LogP contribution < -0.4 is 11.5 Å². The Labute approximate surface area is 102 Å². The second-order valence-electron chi connectivity index (χ2n) is 3.41. The highest BCUT2D eigenvalue weighted by Crippen LogP contribution is 2.05. The van der Waals surface area contributed by atoms with Gasteiger partial charge in [-0.1, -0.05) is 6.07 Å². The molecule has 0 radical (unpaired) electrons. The van der Waals surface area contributed by atoms with Crippen LogP contribution in [0.2, 0.25) is 0 Å². The lowest BCUT2D eigenvalue weighted by atomic mass is 10.1. The SMILES string of the molecule is NCCc1cnccc1CN.c1ccncc1. The molecule has 0 aromatic carbocycles. The van der Waals surface area contributed by atoms with Crippen molar-refractivity contribution in [2.45, 2.75) is 13.0 Å². The summed E-state index contributed by atoms with van der Waals surface area (Å²) in [5.74, 6) is 0. The molecule has 4 N–H and O–H groups in total. The number of nitrogens with two attached hydrogens (primary N) is 2. The summed E-state index contributed by atoms with van der Waals surface area (Å²) in [5.41, 5.74) is 13.2. The summed E-state index contributed by atoms with van der Waals surface area (Å²) >= 11 is 0. The van der Waals surface area contributed by atoms with Crippen LogP contribution in [0.15, 0.2) is 49.1 Å². The van der Waals surface area contributed by atoms with E-state index in [4.69, 9.17) is 11.5 Å². The average Bonchev–Trinajstić information content (AvgIpc) is 2.42. The lowest BCUT2D eigenvalue weighted by Gasteiger charge is -2.03. The van der Waals surface area contributed by atoms with Crippen LogP contribution in [-0.2, 0) is 13.0 Å².